The molecule has 1 aliphatic carbocycles. The molecule has 138 valence electrons. The predicted molar refractivity (Wildman–Crippen MR) is 110 cm³/mol. The van der Waals surface area contributed by atoms with Gasteiger partial charge in [-0.15, -0.1) is 13.2 Å². The number of aliphatic imine (C=N–C) groups is 1. The smallest absolute Gasteiger partial charge is 0.0946 e. The molecule has 1 aliphatic rings. The van der Waals surface area contributed by atoms with Crippen molar-refractivity contribution in [1.82, 2.24) is 0 Å². The van der Waals surface area contributed by atoms with E-state index in [1.165, 1.54) is 31.3 Å². The topological polar surface area (TPSA) is 12.4 Å². The van der Waals surface area contributed by atoms with Crippen LogP contribution < -0.4 is 0 Å². The first kappa shape index (κ1) is 21.3. The van der Waals surface area contributed by atoms with Crippen molar-refractivity contribution >= 4 is 5.71 Å². The molecule has 0 saturated heterocycles. The van der Waals surface area contributed by atoms with Gasteiger partial charge in [0.25, 0.3) is 0 Å². The lowest BCUT2D eigenvalue weighted by molar-refractivity contribution is 0.243. The average molecular weight is 344 g/mol. The van der Waals surface area contributed by atoms with Crippen LogP contribution in [0.5, 0.6) is 0 Å². The van der Waals surface area contributed by atoms with Crippen LogP contribution in [0.15, 0.2) is 66.9 Å². The molecule has 0 aromatic heterocycles. The molecule has 1 fully saturated rings. The lowest BCUT2D eigenvalue weighted by atomic mass is 9.71. The van der Waals surface area contributed by atoms with E-state index in [0.29, 0.717) is 30.6 Å². The van der Waals surface area contributed by atoms with Crippen molar-refractivity contribution in [1.29, 1.82) is 0 Å². The third-order valence-electron chi connectivity index (χ3n) is 5.23. The zero-order valence-electron chi connectivity index (χ0n) is 15.9. The molecule has 1 nitrogen and oxygen atoms in total. The molecule has 1 rings (SSSR count). The monoisotopic (exact) mass is 343 g/mol. The summed E-state index contributed by atoms with van der Waals surface area (Å²) < 4.78 is 12.5. The Kier molecular flexibility index (Phi) is 10.1. The molecule has 1 atom stereocenters. The van der Waals surface area contributed by atoms with Gasteiger partial charge in [-0.25, -0.2) is 0 Å². The minimum Gasteiger partial charge on any atom is -0.265 e. The molecular formula is C23H34FN. The normalized spacial score (nSPS) is 22.6. The van der Waals surface area contributed by atoms with Crippen molar-refractivity contribution in [3.8, 4) is 0 Å². The number of nitrogens with zero attached hydrogens (tertiary/aromatic N) is 1. The zero-order valence-corrected chi connectivity index (χ0v) is 15.9. The van der Waals surface area contributed by atoms with Crippen molar-refractivity contribution in [2.45, 2.75) is 51.9 Å². The Labute approximate surface area is 153 Å². The predicted octanol–water partition coefficient (Wildman–Crippen LogP) is 7.01. The zero-order chi connectivity index (χ0) is 18.7. The van der Waals surface area contributed by atoms with E-state index in [1.807, 2.05) is 12.2 Å². The molecule has 0 spiro atoms. The fourth-order valence-corrected chi connectivity index (χ4v) is 3.74. The van der Waals surface area contributed by atoms with Crippen LogP contribution in [0.4, 0.5) is 4.39 Å². The lowest BCUT2D eigenvalue weighted by Gasteiger charge is -2.34. The van der Waals surface area contributed by atoms with Gasteiger partial charge in [-0.2, -0.15) is 0 Å². The largest absolute Gasteiger partial charge is 0.265 e. The fraction of sp³-hybridized carbons (Fsp3) is 0.522. The second-order valence-corrected chi connectivity index (χ2v) is 7.11. The molecule has 0 N–H and O–H groups in total. The summed E-state index contributed by atoms with van der Waals surface area (Å²) in [6, 6.07) is 0. The molecule has 0 aliphatic heterocycles. The van der Waals surface area contributed by atoms with Crippen LogP contribution in [-0.2, 0) is 0 Å². The number of hydrogen-bond donors (Lipinski definition) is 0. The highest BCUT2D eigenvalue weighted by Gasteiger charge is 2.27. The first-order chi connectivity index (χ1) is 12.0. The summed E-state index contributed by atoms with van der Waals surface area (Å²) in [4.78, 5) is 4.37. The Morgan fingerprint density at radius 1 is 1.16 bits per heavy atom. The van der Waals surface area contributed by atoms with Crippen LogP contribution in [0, 0.1) is 17.8 Å². The summed E-state index contributed by atoms with van der Waals surface area (Å²) >= 11 is 0. The maximum atomic E-state index is 12.5. The summed E-state index contributed by atoms with van der Waals surface area (Å²) in [5, 5.41) is 0. The van der Waals surface area contributed by atoms with Gasteiger partial charge >= 0.3 is 0 Å². The highest BCUT2D eigenvalue weighted by molar-refractivity contribution is 5.86. The van der Waals surface area contributed by atoms with Crippen LogP contribution in [0.25, 0.3) is 0 Å². The molecule has 0 radical (unpaired) electrons. The summed E-state index contributed by atoms with van der Waals surface area (Å²) in [7, 11) is 0. The fourth-order valence-electron chi connectivity index (χ4n) is 3.74. The number of alkyl halides is 1. The molecule has 1 unspecified atom stereocenters. The van der Waals surface area contributed by atoms with E-state index in [2.05, 4.69) is 38.2 Å². The molecule has 0 heterocycles. The third kappa shape index (κ3) is 7.37. The van der Waals surface area contributed by atoms with Crippen molar-refractivity contribution in [3.63, 3.8) is 0 Å². The van der Waals surface area contributed by atoms with Crippen LogP contribution >= 0.6 is 0 Å². The average Bonchev–Trinajstić information content (AvgIpc) is 2.60. The van der Waals surface area contributed by atoms with Crippen molar-refractivity contribution in [2.24, 2.45) is 22.7 Å². The van der Waals surface area contributed by atoms with Crippen LogP contribution in [0.3, 0.4) is 0 Å². The van der Waals surface area contributed by atoms with Gasteiger partial charge in [0.1, 0.15) is 0 Å². The molecule has 2 heteroatoms. The SMILES string of the molecule is C=CC/C(CCF)=N\C=C/C(=C)C1CCC(C(CC=C)C(=C)C)CC1. The molecule has 1 saturated carbocycles. The molecule has 0 aromatic rings. The number of hydrogen-bond acceptors (Lipinski definition) is 1. The standard InChI is InChI=1S/C23H34FN/c1-6-8-22(14-16-24)25-17-15-19(5)20-10-12-21(13-11-20)23(9-7-2)18(3)4/h6-7,15,17,20-21,23H,1-3,5,8-14,16H2,4H3/b17-15-,25-22+. The maximum absolute atomic E-state index is 12.5. The van der Waals surface area contributed by atoms with Gasteiger partial charge in [-0.05, 0) is 62.9 Å². The van der Waals surface area contributed by atoms with E-state index in [1.54, 1.807) is 12.3 Å². The van der Waals surface area contributed by atoms with E-state index < -0.39 is 0 Å². The molecule has 25 heavy (non-hydrogen) atoms. The van der Waals surface area contributed by atoms with Crippen molar-refractivity contribution in [3.05, 3.63) is 61.9 Å². The highest BCUT2D eigenvalue weighted by Crippen LogP contribution is 2.39. The minimum absolute atomic E-state index is 0.375. The van der Waals surface area contributed by atoms with E-state index in [4.69, 9.17) is 0 Å². The number of rotatable bonds is 11. The van der Waals surface area contributed by atoms with Crippen LogP contribution in [-0.4, -0.2) is 12.4 Å². The number of allylic oxidation sites excluding steroid dienone is 5. The maximum Gasteiger partial charge on any atom is 0.0946 e. The number of halogens is 1. The van der Waals surface area contributed by atoms with E-state index in [9.17, 15) is 4.39 Å². The first-order valence-corrected chi connectivity index (χ1v) is 9.37. The lowest BCUT2D eigenvalue weighted by Crippen LogP contribution is -2.22. The minimum atomic E-state index is -0.375. The Morgan fingerprint density at radius 3 is 2.36 bits per heavy atom. The second-order valence-electron chi connectivity index (χ2n) is 7.11. The first-order valence-electron chi connectivity index (χ1n) is 9.37. The van der Waals surface area contributed by atoms with Crippen LogP contribution in [0.2, 0.25) is 0 Å². The molecule has 0 aromatic carbocycles. The Morgan fingerprint density at radius 2 is 1.84 bits per heavy atom. The molecule has 0 amide bonds. The van der Waals surface area contributed by atoms with E-state index in [-0.39, 0.29) is 6.67 Å². The second kappa shape index (κ2) is 11.8. The van der Waals surface area contributed by atoms with Crippen LogP contribution in [0.1, 0.15) is 51.9 Å². The van der Waals surface area contributed by atoms with Crippen molar-refractivity contribution < 1.29 is 4.39 Å². The van der Waals surface area contributed by atoms with Gasteiger partial charge in [-0.3, -0.25) is 9.38 Å². The summed E-state index contributed by atoms with van der Waals surface area (Å²) in [6.45, 7) is 17.7. The van der Waals surface area contributed by atoms with Gasteiger partial charge in [0.05, 0.1) is 6.67 Å². The summed E-state index contributed by atoms with van der Waals surface area (Å²) in [5.41, 5.74) is 3.24. The van der Waals surface area contributed by atoms with E-state index in [0.717, 1.165) is 17.7 Å². The van der Waals surface area contributed by atoms with Gasteiger partial charge < -0.3 is 0 Å². The van der Waals surface area contributed by atoms with Gasteiger partial charge in [0.15, 0.2) is 0 Å². The Balaban J connectivity index is 2.55. The molecular weight excluding hydrogens is 309 g/mol. The van der Waals surface area contributed by atoms with E-state index >= 15 is 0 Å². The third-order valence-corrected chi connectivity index (χ3v) is 5.23. The summed E-state index contributed by atoms with van der Waals surface area (Å²) in [5.74, 6) is 1.81. The highest BCUT2D eigenvalue weighted by atomic mass is 19.1. The van der Waals surface area contributed by atoms with Crippen molar-refractivity contribution in [2.75, 3.05) is 6.67 Å². The quantitative estimate of drug-likeness (QED) is 0.217. The molecule has 0 bridgehead atoms. The summed E-state index contributed by atoms with van der Waals surface area (Å²) in [6.07, 6.45) is 14.4. The Bertz CT molecular complexity index is 518. The van der Waals surface area contributed by atoms with Gasteiger partial charge in [0.2, 0.25) is 0 Å². The Hall–Kier alpha value is -1.70. The van der Waals surface area contributed by atoms with Gasteiger partial charge in [0, 0.05) is 24.8 Å². The van der Waals surface area contributed by atoms with Gasteiger partial charge in [-0.1, -0.05) is 36.5 Å².